The molecule has 0 aliphatic heterocycles. The number of ether oxygens (including phenoxy) is 2. The molecule has 0 atom stereocenters. The van der Waals surface area contributed by atoms with Crippen molar-refractivity contribution in [1.82, 2.24) is 0 Å². The van der Waals surface area contributed by atoms with Crippen LogP contribution in [0.3, 0.4) is 0 Å². The summed E-state index contributed by atoms with van der Waals surface area (Å²) in [6.45, 7) is 0.411. The van der Waals surface area contributed by atoms with E-state index < -0.39 is 36.3 Å². The Morgan fingerprint density at radius 3 is 2.55 bits per heavy atom. The van der Waals surface area contributed by atoms with Crippen molar-refractivity contribution in [3.05, 3.63) is 28.5 Å². The van der Waals surface area contributed by atoms with Crippen LogP contribution in [0.4, 0.5) is 4.39 Å². The second kappa shape index (κ2) is 7.21. The third-order valence-corrected chi connectivity index (χ3v) is 3.95. The molecule has 0 heterocycles. The van der Waals surface area contributed by atoms with Crippen molar-refractivity contribution < 1.29 is 27.1 Å². The zero-order valence-corrected chi connectivity index (χ0v) is 12.7. The first kappa shape index (κ1) is 17.2. The number of halogens is 3. The summed E-state index contributed by atoms with van der Waals surface area (Å²) < 4.78 is 45.4. The van der Waals surface area contributed by atoms with Crippen LogP contribution in [0.15, 0.2) is 17.0 Å². The van der Waals surface area contributed by atoms with Gasteiger partial charge in [0, 0.05) is 30.8 Å². The first-order valence-electron chi connectivity index (χ1n) is 5.37. The van der Waals surface area contributed by atoms with E-state index in [1.165, 1.54) is 7.11 Å². The first-order valence-corrected chi connectivity index (χ1v) is 8.06. The highest BCUT2D eigenvalue weighted by Gasteiger charge is 2.21. The second-order valence-electron chi connectivity index (χ2n) is 3.69. The van der Waals surface area contributed by atoms with Crippen LogP contribution in [-0.4, -0.2) is 34.7 Å². The molecule has 1 aromatic carbocycles. The van der Waals surface area contributed by atoms with Crippen LogP contribution in [0.25, 0.3) is 0 Å². The standard InChI is InChI=1S/C11H11Cl2FO5S/c1-18-3-2-4-19-11(15)8-5-7(20(13,16)17)6-9(14)10(8)12/h5-6H,2-4H2,1H3. The van der Waals surface area contributed by atoms with E-state index in [1.807, 2.05) is 0 Å². The Hall–Kier alpha value is -0.890. The largest absolute Gasteiger partial charge is 0.462 e. The molecule has 0 amide bonds. The van der Waals surface area contributed by atoms with Crippen LogP contribution >= 0.6 is 22.3 Å². The molecule has 1 aromatic rings. The number of hydrogen-bond acceptors (Lipinski definition) is 5. The van der Waals surface area contributed by atoms with E-state index in [-0.39, 0.29) is 6.61 Å². The third-order valence-electron chi connectivity index (χ3n) is 2.23. The fourth-order valence-corrected chi connectivity index (χ4v) is 2.26. The van der Waals surface area contributed by atoms with Gasteiger partial charge in [-0.25, -0.2) is 17.6 Å². The molecule has 0 saturated carbocycles. The summed E-state index contributed by atoms with van der Waals surface area (Å²) in [7, 11) is 2.41. The molecule has 1 rings (SSSR count). The molecule has 0 aliphatic rings. The molecule has 9 heteroatoms. The van der Waals surface area contributed by atoms with Gasteiger partial charge in [0.1, 0.15) is 5.82 Å². The summed E-state index contributed by atoms with van der Waals surface area (Å²) in [5.74, 6) is -2.01. The summed E-state index contributed by atoms with van der Waals surface area (Å²) >= 11 is 5.61. The maximum absolute atomic E-state index is 13.5. The molecule has 0 saturated heterocycles. The maximum atomic E-state index is 13.5. The maximum Gasteiger partial charge on any atom is 0.339 e. The lowest BCUT2D eigenvalue weighted by Crippen LogP contribution is -2.10. The summed E-state index contributed by atoms with van der Waals surface area (Å²) in [4.78, 5) is 11.1. The van der Waals surface area contributed by atoms with E-state index in [4.69, 9.17) is 31.8 Å². The summed E-state index contributed by atoms with van der Waals surface area (Å²) in [6, 6.07) is 1.50. The van der Waals surface area contributed by atoms with Gasteiger partial charge in [-0.15, -0.1) is 0 Å². The number of rotatable bonds is 6. The molecule has 0 N–H and O–H groups in total. The quantitative estimate of drug-likeness (QED) is 0.450. The number of carbonyl (C=O) groups is 1. The highest BCUT2D eigenvalue weighted by atomic mass is 35.7. The molecule has 20 heavy (non-hydrogen) atoms. The van der Waals surface area contributed by atoms with Crippen molar-refractivity contribution in [2.75, 3.05) is 20.3 Å². The van der Waals surface area contributed by atoms with Gasteiger partial charge in [0.15, 0.2) is 0 Å². The Balaban J connectivity index is 2.99. The van der Waals surface area contributed by atoms with E-state index >= 15 is 0 Å². The zero-order chi connectivity index (χ0) is 15.3. The normalized spacial score (nSPS) is 11.4. The van der Waals surface area contributed by atoms with Gasteiger partial charge in [-0.3, -0.25) is 0 Å². The van der Waals surface area contributed by atoms with Gasteiger partial charge in [0.25, 0.3) is 9.05 Å². The molecule has 0 aromatic heterocycles. The Morgan fingerprint density at radius 1 is 1.35 bits per heavy atom. The number of methoxy groups -OCH3 is 1. The predicted octanol–water partition coefficient (Wildman–Crippen LogP) is 2.60. The van der Waals surface area contributed by atoms with Crippen molar-refractivity contribution in [2.24, 2.45) is 0 Å². The highest BCUT2D eigenvalue weighted by Crippen LogP contribution is 2.26. The van der Waals surface area contributed by atoms with Gasteiger partial charge in [0.2, 0.25) is 0 Å². The predicted molar refractivity (Wildman–Crippen MR) is 71.2 cm³/mol. The minimum absolute atomic E-state index is 0.0302. The van der Waals surface area contributed by atoms with E-state index in [0.717, 1.165) is 6.07 Å². The minimum atomic E-state index is -4.18. The molecule has 112 valence electrons. The van der Waals surface area contributed by atoms with Crippen LogP contribution in [0.5, 0.6) is 0 Å². The van der Waals surface area contributed by atoms with E-state index in [1.54, 1.807) is 0 Å². The topological polar surface area (TPSA) is 69.7 Å². The van der Waals surface area contributed by atoms with Gasteiger partial charge in [0.05, 0.1) is 22.1 Å². The molecule has 0 bridgehead atoms. The van der Waals surface area contributed by atoms with Gasteiger partial charge >= 0.3 is 5.97 Å². The second-order valence-corrected chi connectivity index (χ2v) is 6.63. The van der Waals surface area contributed by atoms with Crippen molar-refractivity contribution in [3.63, 3.8) is 0 Å². The van der Waals surface area contributed by atoms with Crippen LogP contribution in [0.1, 0.15) is 16.8 Å². The van der Waals surface area contributed by atoms with Gasteiger partial charge in [-0.05, 0) is 12.1 Å². The van der Waals surface area contributed by atoms with E-state index in [9.17, 15) is 17.6 Å². The average Bonchev–Trinajstić information content (AvgIpc) is 2.36. The number of esters is 1. The lowest BCUT2D eigenvalue weighted by Gasteiger charge is -2.08. The molecular weight excluding hydrogens is 334 g/mol. The fraction of sp³-hybridized carbons (Fsp3) is 0.364. The Bertz CT molecular complexity index is 603. The van der Waals surface area contributed by atoms with Crippen LogP contribution in [0, 0.1) is 5.82 Å². The lowest BCUT2D eigenvalue weighted by molar-refractivity contribution is 0.0468. The Kier molecular flexibility index (Phi) is 6.19. The third kappa shape index (κ3) is 4.59. The molecule has 5 nitrogen and oxygen atoms in total. The van der Waals surface area contributed by atoms with Crippen molar-refractivity contribution in [2.45, 2.75) is 11.3 Å². The highest BCUT2D eigenvalue weighted by molar-refractivity contribution is 8.13. The smallest absolute Gasteiger partial charge is 0.339 e. The zero-order valence-electron chi connectivity index (χ0n) is 10.4. The van der Waals surface area contributed by atoms with E-state index in [2.05, 4.69) is 0 Å². The van der Waals surface area contributed by atoms with Crippen LogP contribution in [-0.2, 0) is 18.5 Å². The summed E-state index contributed by atoms with van der Waals surface area (Å²) in [5.41, 5.74) is -0.400. The van der Waals surface area contributed by atoms with Crippen molar-refractivity contribution >= 4 is 37.3 Å². The monoisotopic (exact) mass is 344 g/mol. The first-order chi connectivity index (χ1) is 9.27. The molecule has 0 spiro atoms. The van der Waals surface area contributed by atoms with Crippen LogP contribution in [0.2, 0.25) is 5.02 Å². The summed E-state index contributed by atoms with van der Waals surface area (Å²) in [5, 5.41) is -0.522. The number of benzene rings is 1. The SMILES string of the molecule is COCCCOC(=O)c1cc(S(=O)(=O)Cl)cc(F)c1Cl. The summed E-state index contributed by atoms with van der Waals surface area (Å²) in [6.07, 6.45) is 0.440. The van der Waals surface area contributed by atoms with E-state index in [0.29, 0.717) is 19.1 Å². The molecular formula is C11H11Cl2FO5S. The molecule has 0 aliphatic carbocycles. The number of carbonyl (C=O) groups excluding carboxylic acids is 1. The lowest BCUT2D eigenvalue weighted by atomic mass is 10.2. The fourth-order valence-electron chi connectivity index (χ4n) is 1.30. The van der Waals surface area contributed by atoms with Crippen molar-refractivity contribution in [1.29, 1.82) is 0 Å². The van der Waals surface area contributed by atoms with Gasteiger partial charge < -0.3 is 9.47 Å². The number of hydrogen-bond donors (Lipinski definition) is 0. The average molecular weight is 345 g/mol. The van der Waals surface area contributed by atoms with Gasteiger partial charge in [-0.1, -0.05) is 11.6 Å². The van der Waals surface area contributed by atoms with Crippen molar-refractivity contribution in [3.8, 4) is 0 Å². The molecule has 0 fully saturated rings. The van der Waals surface area contributed by atoms with Crippen LogP contribution < -0.4 is 0 Å². The van der Waals surface area contributed by atoms with Gasteiger partial charge in [-0.2, -0.15) is 0 Å². The Labute approximate surface area is 125 Å². The Morgan fingerprint density at radius 2 is 2.00 bits per heavy atom. The molecule has 0 unspecified atom stereocenters. The molecule has 0 radical (unpaired) electrons. The minimum Gasteiger partial charge on any atom is -0.462 e.